The summed E-state index contributed by atoms with van der Waals surface area (Å²) in [7, 11) is -3.82. The molecule has 0 fully saturated rings. The molecule has 0 aliphatic carbocycles. The Labute approximate surface area is 152 Å². The molecule has 1 aliphatic heterocycles. The van der Waals surface area contributed by atoms with E-state index in [1.54, 1.807) is 18.2 Å². The maximum Gasteiger partial charge on any atom is 0.327 e. The van der Waals surface area contributed by atoms with Crippen LogP contribution in [0.1, 0.15) is 20.3 Å². The number of hydrogen-bond donors (Lipinski definition) is 1. The lowest BCUT2D eigenvalue weighted by atomic mass is 10.1. The molecule has 1 heterocycles. The first-order chi connectivity index (χ1) is 12.3. The summed E-state index contributed by atoms with van der Waals surface area (Å²) in [5, 5.41) is 4.06. The van der Waals surface area contributed by atoms with E-state index in [-0.39, 0.29) is 10.9 Å². The van der Waals surface area contributed by atoms with Gasteiger partial charge in [-0.05, 0) is 30.9 Å². The Kier molecular flexibility index (Phi) is 4.86. The fourth-order valence-corrected chi connectivity index (χ4v) is 4.51. The number of amides is 1. The van der Waals surface area contributed by atoms with Crippen LogP contribution in [0.3, 0.4) is 0 Å². The summed E-state index contributed by atoms with van der Waals surface area (Å²) in [6.45, 7) is 2.85. The summed E-state index contributed by atoms with van der Waals surface area (Å²) in [5.74, 6) is -1.19. The van der Waals surface area contributed by atoms with Crippen LogP contribution in [0.25, 0.3) is 10.8 Å². The van der Waals surface area contributed by atoms with Crippen molar-refractivity contribution >= 4 is 38.4 Å². The number of benzene rings is 2. The molecule has 0 bridgehead atoms. The highest BCUT2D eigenvalue weighted by atomic mass is 32.2. The summed E-state index contributed by atoms with van der Waals surface area (Å²) in [5.41, 5.74) is 0.444. The van der Waals surface area contributed by atoms with Crippen molar-refractivity contribution in [3.05, 3.63) is 36.4 Å². The number of ether oxygens (including phenoxy) is 1. The molecule has 1 amide bonds. The third-order valence-electron chi connectivity index (χ3n) is 4.34. The number of anilines is 1. The van der Waals surface area contributed by atoms with Crippen LogP contribution in [0.4, 0.5) is 5.69 Å². The molecule has 1 N–H and O–H groups in total. The van der Waals surface area contributed by atoms with Crippen LogP contribution in [0.5, 0.6) is 0 Å². The second kappa shape index (κ2) is 6.95. The first-order valence-electron chi connectivity index (χ1n) is 8.34. The SMILES string of the molecule is CC[C@H](C)NC(=O)COC(=O)CN1c2cccc3cccc(c23)S1(=O)=O. The Hall–Kier alpha value is -2.61. The highest BCUT2D eigenvalue weighted by Gasteiger charge is 2.37. The smallest absolute Gasteiger partial charge is 0.327 e. The zero-order valence-corrected chi connectivity index (χ0v) is 15.4. The van der Waals surface area contributed by atoms with Crippen molar-refractivity contribution in [1.82, 2.24) is 5.32 Å². The molecule has 0 unspecified atom stereocenters. The molecule has 0 radical (unpaired) electrons. The van der Waals surface area contributed by atoms with Gasteiger partial charge in [0.15, 0.2) is 6.61 Å². The number of nitrogens with zero attached hydrogens (tertiary/aromatic N) is 1. The average Bonchev–Trinajstić information content (AvgIpc) is 2.83. The summed E-state index contributed by atoms with van der Waals surface area (Å²) in [6.07, 6.45) is 0.758. The molecule has 0 aromatic heterocycles. The largest absolute Gasteiger partial charge is 0.454 e. The van der Waals surface area contributed by atoms with Crippen molar-refractivity contribution in [3.63, 3.8) is 0 Å². The van der Waals surface area contributed by atoms with Gasteiger partial charge in [0.05, 0.1) is 10.6 Å². The minimum atomic E-state index is -3.82. The quantitative estimate of drug-likeness (QED) is 0.776. The van der Waals surface area contributed by atoms with Gasteiger partial charge in [0.25, 0.3) is 15.9 Å². The lowest BCUT2D eigenvalue weighted by Crippen LogP contribution is -2.38. The van der Waals surface area contributed by atoms with Gasteiger partial charge in [-0.2, -0.15) is 0 Å². The Balaban J connectivity index is 1.74. The molecule has 7 nitrogen and oxygen atoms in total. The number of hydrogen-bond acceptors (Lipinski definition) is 5. The molecular weight excluding hydrogens is 356 g/mol. The van der Waals surface area contributed by atoms with Crippen molar-refractivity contribution in [2.75, 3.05) is 17.5 Å². The van der Waals surface area contributed by atoms with Gasteiger partial charge < -0.3 is 10.1 Å². The highest BCUT2D eigenvalue weighted by molar-refractivity contribution is 7.93. The maximum absolute atomic E-state index is 12.8. The topological polar surface area (TPSA) is 92.8 Å². The molecule has 138 valence electrons. The highest BCUT2D eigenvalue weighted by Crippen LogP contribution is 2.41. The molecule has 2 aromatic rings. The van der Waals surface area contributed by atoms with E-state index < -0.39 is 35.1 Å². The normalized spacial score (nSPS) is 15.7. The van der Waals surface area contributed by atoms with E-state index in [0.717, 1.165) is 16.1 Å². The van der Waals surface area contributed by atoms with E-state index in [1.807, 2.05) is 26.0 Å². The molecule has 1 aliphatic rings. The molecule has 0 spiro atoms. The zero-order chi connectivity index (χ0) is 18.9. The van der Waals surface area contributed by atoms with Crippen LogP contribution in [0.2, 0.25) is 0 Å². The number of nitrogens with one attached hydrogen (secondary N) is 1. The Morgan fingerprint density at radius 1 is 1.19 bits per heavy atom. The van der Waals surface area contributed by atoms with E-state index in [1.165, 1.54) is 6.07 Å². The van der Waals surface area contributed by atoms with E-state index in [0.29, 0.717) is 11.1 Å². The van der Waals surface area contributed by atoms with Crippen molar-refractivity contribution in [2.24, 2.45) is 0 Å². The van der Waals surface area contributed by atoms with Crippen LogP contribution < -0.4 is 9.62 Å². The predicted octanol–water partition coefficient (Wildman–Crippen LogP) is 1.81. The Morgan fingerprint density at radius 3 is 2.58 bits per heavy atom. The molecule has 2 aromatic carbocycles. The summed E-state index contributed by atoms with van der Waals surface area (Å²) in [6, 6.07) is 10.2. The number of rotatable bonds is 6. The Bertz CT molecular complexity index is 965. The van der Waals surface area contributed by atoms with Crippen LogP contribution in [-0.2, 0) is 24.3 Å². The minimum Gasteiger partial charge on any atom is -0.454 e. The third-order valence-corrected chi connectivity index (χ3v) is 6.14. The monoisotopic (exact) mass is 376 g/mol. The molecule has 8 heteroatoms. The molecule has 0 saturated heterocycles. The van der Waals surface area contributed by atoms with Gasteiger partial charge in [-0.25, -0.2) is 8.42 Å². The standard InChI is InChI=1S/C18H20N2O5S/c1-3-12(2)19-16(21)11-25-17(22)10-20-14-8-4-6-13-7-5-9-15(18(13)14)26(20,23)24/h4-9,12H,3,10-11H2,1-2H3,(H,19,21)/t12-/m0/s1. The number of esters is 1. The van der Waals surface area contributed by atoms with Crippen LogP contribution in [-0.4, -0.2) is 39.5 Å². The second-order valence-corrected chi connectivity index (χ2v) is 8.01. The molecule has 1 atom stereocenters. The van der Waals surface area contributed by atoms with Gasteiger partial charge in [-0.1, -0.05) is 31.2 Å². The van der Waals surface area contributed by atoms with Crippen molar-refractivity contribution in [1.29, 1.82) is 0 Å². The van der Waals surface area contributed by atoms with Gasteiger partial charge in [0.1, 0.15) is 6.54 Å². The minimum absolute atomic E-state index is 0.0211. The fraction of sp³-hybridized carbons (Fsp3) is 0.333. The molecule has 3 rings (SSSR count). The molecule has 0 saturated carbocycles. The van der Waals surface area contributed by atoms with Gasteiger partial charge >= 0.3 is 5.97 Å². The lowest BCUT2D eigenvalue weighted by molar-refractivity contribution is -0.147. The fourth-order valence-electron chi connectivity index (χ4n) is 2.86. The van der Waals surface area contributed by atoms with Crippen molar-refractivity contribution in [3.8, 4) is 0 Å². The van der Waals surface area contributed by atoms with E-state index >= 15 is 0 Å². The number of sulfonamides is 1. The first kappa shape index (κ1) is 18.2. The van der Waals surface area contributed by atoms with E-state index in [9.17, 15) is 18.0 Å². The van der Waals surface area contributed by atoms with Gasteiger partial charge in [-0.15, -0.1) is 0 Å². The summed E-state index contributed by atoms with van der Waals surface area (Å²) in [4.78, 5) is 24.0. The van der Waals surface area contributed by atoms with E-state index in [4.69, 9.17) is 4.74 Å². The van der Waals surface area contributed by atoms with E-state index in [2.05, 4.69) is 5.32 Å². The predicted molar refractivity (Wildman–Crippen MR) is 97.3 cm³/mol. The van der Waals surface area contributed by atoms with Crippen LogP contribution >= 0.6 is 0 Å². The average molecular weight is 376 g/mol. The van der Waals surface area contributed by atoms with Crippen LogP contribution in [0.15, 0.2) is 41.3 Å². The van der Waals surface area contributed by atoms with Gasteiger partial charge in [0.2, 0.25) is 0 Å². The number of carbonyl (C=O) groups excluding carboxylic acids is 2. The maximum atomic E-state index is 12.8. The van der Waals surface area contributed by atoms with Crippen LogP contribution in [0, 0.1) is 0 Å². The lowest BCUT2D eigenvalue weighted by Gasteiger charge is -2.18. The van der Waals surface area contributed by atoms with Gasteiger partial charge in [0, 0.05) is 11.4 Å². The zero-order valence-electron chi connectivity index (χ0n) is 14.6. The third kappa shape index (κ3) is 3.24. The number of carbonyl (C=O) groups is 2. The van der Waals surface area contributed by atoms with Crippen molar-refractivity contribution < 1.29 is 22.7 Å². The second-order valence-electron chi connectivity index (χ2n) is 6.18. The van der Waals surface area contributed by atoms with Crippen molar-refractivity contribution in [2.45, 2.75) is 31.2 Å². The first-order valence-corrected chi connectivity index (χ1v) is 9.78. The summed E-state index contributed by atoms with van der Waals surface area (Å²) >= 11 is 0. The molecular formula is C18H20N2O5S. The molecule has 26 heavy (non-hydrogen) atoms. The Morgan fingerprint density at radius 2 is 1.88 bits per heavy atom. The van der Waals surface area contributed by atoms with Gasteiger partial charge in [-0.3, -0.25) is 13.9 Å². The summed E-state index contributed by atoms with van der Waals surface area (Å²) < 4.78 is 31.5.